The monoisotopic (exact) mass is 290 g/mol. The molecule has 0 unspecified atom stereocenters. The first-order valence-electron chi connectivity index (χ1n) is 5.05. The molecule has 2 rings (SSSR count). The predicted molar refractivity (Wildman–Crippen MR) is 65.4 cm³/mol. The largest absolute Gasteiger partial charge is 0.397 e. The molecule has 0 aliphatic heterocycles. The minimum atomic E-state index is -1.63. The molecular weight excluding hydrogens is 284 g/mol. The van der Waals surface area contributed by atoms with Gasteiger partial charge in [-0.3, -0.25) is 0 Å². The molecule has 0 aliphatic carbocycles. The van der Waals surface area contributed by atoms with E-state index in [-0.39, 0.29) is 22.1 Å². The van der Waals surface area contributed by atoms with Crippen LogP contribution in [0.25, 0.3) is 0 Å². The lowest BCUT2D eigenvalue weighted by atomic mass is 10.2. The Balaban J connectivity index is 2.42. The fourth-order valence-corrected chi connectivity index (χ4v) is 1.61. The van der Waals surface area contributed by atoms with Gasteiger partial charge in [0.2, 0.25) is 0 Å². The Hall–Kier alpha value is -1.95. The first kappa shape index (κ1) is 13.5. The Morgan fingerprint density at radius 3 is 2.26 bits per heavy atom. The number of hydrogen-bond acceptors (Lipinski definition) is 2. The zero-order chi connectivity index (χ0) is 14.2. The molecule has 0 saturated carbocycles. The number of halogens is 5. The van der Waals surface area contributed by atoms with Crippen LogP contribution in [0.5, 0.6) is 0 Å². The molecule has 0 saturated heterocycles. The van der Waals surface area contributed by atoms with E-state index in [4.69, 9.17) is 17.3 Å². The van der Waals surface area contributed by atoms with Gasteiger partial charge in [0.05, 0.1) is 22.1 Å². The molecule has 0 fully saturated rings. The normalized spacial score (nSPS) is 10.6. The second-order valence-electron chi connectivity index (χ2n) is 3.70. The van der Waals surface area contributed by atoms with E-state index < -0.39 is 23.3 Å². The molecule has 2 aromatic carbocycles. The van der Waals surface area contributed by atoms with Crippen molar-refractivity contribution in [3.63, 3.8) is 0 Å². The van der Waals surface area contributed by atoms with Gasteiger partial charge in [-0.15, -0.1) is 0 Å². The minimum Gasteiger partial charge on any atom is -0.397 e. The summed E-state index contributed by atoms with van der Waals surface area (Å²) in [5.74, 6) is -5.15. The van der Waals surface area contributed by atoms with E-state index in [1.165, 1.54) is 0 Å². The van der Waals surface area contributed by atoms with Gasteiger partial charge in [-0.05, 0) is 18.2 Å². The summed E-state index contributed by atoms with van der Waals surface area (Å²) in [5.41, 5.74) is 5.21. The number of nitrogen functional groups attached to an aromatic ring is 1. The highest BCUT2D eigenvalue weighted by Crippen LogP contribution is 2.30. The molecule has 100 valence electrons. The van der Waals surface area contributed by atoms with Crippen molar-refractivity contribution in [2.75, 3.05) is 11.1 Å². The number of benzene rings is 2. The van der Waals surface area contributed by atoms with Gasteiger partial charge in [-0.1, -0.05) is 11.6 Å². The zero-order valence-electron chi connectivity index (χ0n) is 9.28. The summed E-state index contributed by atoms with van der Waals surface area (Å²) in [5, 5.41) is 2.17. The second-order valence-corrected chi connectivity index (χ2v) is 4.11. The Morgan fingerprint density at radius 1 is 0.895 bits per heavy atom. The fourth-order valence-electron chi connectivity index (χ4n) is 1.44. The number of hydrogen-bond donors (Lipinski definition) is 2. The third-order valence-corrected chi connectivity index (χ3v) is 2.69. The Morgan fingerprint density at radius 2 is 1.58 bits per heavy atom. The molecule has 0 bridgehead atoms. The molecule has 0 aliphatic rings. The van der Waals surface area contributed by atoms with Crippen molar-refractivity contribution in [1.29, 1.82) is 0 Å². The van der Waals surface area contributed by atoms with Crippen LogP contribution < -0.4 is 11.1 Å². The lowest BCUT2D eigenvalue weighted by Gasteiger charge is -2.11. The SMILES string of the molecule is Nc1cc(Cl)c(F)cc1Nc1ccc(F)c(F)c1F. The van der Waals surface area contributed by atoms with Crippen molar-refractivity contribution in [3.05, 3.63) is 52.6 Å². The van der Waals surface area contributed by atoms with Crippen molar-refractivity contribution >= 4 is 28.7 Å². The smallest absolute Gasteiger partial charge is 0.196 e. The number of anilines is 3. The summed E-state index contributed by atoms with van der Waals surface area (Å²) in [4.78, 5) is 0. The van der Waals surface area contributed by atoms with E-state index in [1.54, 1.807) is 0 Å². The summed E-state index contributed by atoms with van der Waals surface area (Å²) < 4.78 is 52.4. The van der Waals surface area contributed by atoms with Crippen molar-refractivity contribution in [2.24, 2.45) is 0 Å². The summed E-state index contributed by atoms with van der Waals surface area (Å²) in [6.45, 7) is 0. The molecular formula is C12H7ClF4N2. The number of nitrogens with one attached hydrogen (secondary N) is 1. The minimum absolute atomic E-state index is 0.00759. The van der Waals surface area contributed by atoms with E-state index in [0.29, 0.717) is 0 Å². The third kappa shape index (κ3) is 2.58. The standard InChI is InChI=1S/C12H7ClF4N2/c13-5-3-8(18)10(4-7(5)15)19-9-2-1-6(14)11(16)12(9)17/h1-4,19H,18H2. The van der Waals surface area contributed by atoms with Gasteiger partial charge < -0.3 is 11.1 Å². The quantitative estimate of drug-likeness (QED) is 0.494. The highest BCUT2D eigenvalue weighted by Gasteiger charge is 2.15. The number of nitrogens with two attached hydrogens (primary N) is 1. The first-order chi connectivity index (χ1) is 8.90. The lowest BCUT2D eigenvalue weighted by molar-refractivity contribution is 0.449. The van der Waals surface area contributed by atoms with E-state index >= 15 is 0 Å². The molecule has 0 heterocycles. The van der Waals surface area contributed by atoms with Gasteiger partial charge in [0.1, 0.15) is 5.82 Å². The molecule has 2 nitrogen and oxygen atoms in total. The summed E-state index contributed by atoms with van der Waals surface area (Å²) >= 11 is 5.50. The second kappa shape index (κ2) is 4.97. The van der Waals surface area contributed by atoms with E-state index in [1.807, 2.05) is 0 Å². The molecule has 0 amide bonds. The maximum absolute atomic E-state index is 13.4. The molecule has 2 aromatic rings. The van der Waals surface area contributed by atoms with Crippen LogP contribution in [-0.4, -0.2) is 0 Å². The predicted octanol–water partition coefficient (Wildman–Crippen LogP) is 4.22. The van der Waals surface area contributed by atoms with Gasteiger partial charge in [-0.25, -0.2) is 17.6 Å². The zero-order valence-corrected chi connectivity index (χ0v) is 10.0. The molecule has 19 heavy (non-hydrogen) atoms. The van der Waals surface area contributed by atoms with Crippen LogP contribution in [-0.2, 0) is 0 Å². The van der Waals surface area contributed by atoms with Gasteiger partial charge in [0.25, 0.3) is 0 Å². The van der Waals surface area contributed by atoms with Crippen LogP contribution in [0.3, 0.4) is 0 Å². The van der Waals surface area contributed by atoms with E-state index in [9.17, 15) is 17.6 Å². The van der Waals surface area contributed by atoms with Crippen LogP contribution in [0.1, 0.15) is 0 Å². The Bertz CT molecular complexity index is 646. The van der Waals surface area contributed by atoms with Crippen molar-refractivity contribution in [3.8, 4) is 0 Å². The first-order valence-corrected chi connectivity index (χ1v) is 5.43. The lowest BCUT2D eigenvalue weighted by Crippen LogP contribution is -2.02. The number of rotatable bonds is 2. The summed E-state index contributed by atoms with van der Waals surface area (Å²) in [6.07, 6.45) is 0. The molecule has 3 N–H and O–H groups in total. The molecule has 0 spiro atoms. The van der Waals surface area contributed by atoms with Crippen LogP contribution >= 0.6 is 11.6 Å². The summed E-state index contributed by atoms with van der Waals surface area (Å²) in [6, 6.07) is 3.76. The maximum Gasteiger partial charge on any atom is 0.196 e. The molecule has 0 radical (unpaired) electrons. The van der Waals surface area contributed by atoms with Gasteiger partial charge in [0.15, 0.2) is 17.5 Å². The van der Waals surface area contributed by atoms with Gasteiger partial charge in [0, 0.05) is 6.07 Å². The van der Waals surface area contributed by atoms with Crippen LogP contribution in [0.4, 0.5) is 34.6 Å². The topological polar surface area (TPSA) is 38.0 Å². The van der Waals surface area contributed by atoms with E-state index in [2.05, 4.69) is 5.32 Å². The van der Waals surface area contributed by atoms with Crippen molar-refractivity contribution in [1.82, 2.24) is 0 Å². The molecule has 0 aromatic heterocycles. The molecule has 7 heteroatoms. The maximum atomic E-state index is 13.4. The fraction of sp³-hybridized carbons (Fsp3) is 0. The molecule has 0 atom stereocenters. The van der Waals surface area contributed by atoms with Crippen LogP contribution in [0.2, 0.25) is 5.02 Å². The highest BCUT2D eigenvalue weighted by molar-refractivity contribution is 6.31. The van der Waals surface area contributed by atoms with Crippen molar-refractivity contribution in [2.45, 2.75) is 0 Å². The highest BCUT2D eigenvalue weighted by atomic mass is 35.5. The van der Waals surface area contributed by atoms with Crippen LogP contribution in [0, 0.1) is 23.3 Å². The van der Waals surface area contributed by atoms with Gasteiger partial charge >= 0.3 is 0 Å². The Labute approximate surface area is 110 Å². The van der Waals surface area contributed by atoms with E-state index in [0.717, 1.165) is 24.3 Å². The summed E-state index contributed by atoms with van der Waals surface area (Å²) in [7, 11) is 0. The average molecular weight is 291 g/mol. The average Bonchev–Trinajstić information content (AvgIpc) is 2.36. The third-order valence-electron chi connectivity index (χ3n) is 2.40. The van der Waals surface area contributed by atoms with Crippen LogP contribution in [0.15, 0.2) is 24.3 Å². The Kier molecular flexibility index (Phi) is 3.53. The van der Waals surface area contributed by atoms with Gasteiger partial charge in [-0.2, -0.15) is 0 Å². The van der Waals surface area contributed by atoms with Crippen molar-refractivity contribution < 1.29 is 17.6 Å².